The van der Waals surface area contributed by atoms with Crippen LogP contribution in [0.15, 0.2) is 18.2 Å². The molecule has 1 aromatic rings. The molecule has 2 rings (SSSR count). The minimum atomic E-state index is 0.0350. The molecule has 0 unspecified atom stereocenters. The smallest absolute Gasteiger partial charge is 0.0248 e. The Kier molecular flexibility index (Phi) is 2.20. The molecule has 1 aromatic carbocycles. The van der Waals surface area contributed by atoms with Gasteiger partial charge in [-0.05, 0) is 32.3 Å². The van der Waals surface area contributed by atoms with E-state index < -0.39 is 0 Å². The van der Waals surface area contributed by atoms with Crippen LogP contribution in [0.1, 0.15) is 43.4 Å². The molecule has 15 heavy (non-hydrogen) atoms. The van der Waals surface area contributed by atoms with Gasteiger partial charge in [0.1, 0.15) is 0 Å². The highest BCUT2D eigenvalue weighted by atomic mass is 14.9. The van der Waals surface area contributed by atoms with Crippen LogP contribution in [0.25, 0.3) is 0 Å². The van der Waals surface area contributed by atoms with E-state index in [2.05, 4.69) is 45.9 Å². The lowest BCUT2D eigenvalue weighted by Gasteiger charge is -2.33. The van der Waals surface area contributed by atoms with Crippen molar-refractivity contribution in [1.82, 2.24) is 0 Å². The van der Waals surface area contributed by atoms with Crippen LogP contribution < -0.4 is 5.73 Å². The maximum atomic E-state index is 6.36. The molecule has 1 aliphatic rings. The molecular weight excluding hydrogens is 182 g/mol. The topological polar surface area (TPSA) is 26.0 Å². The Bertz CT molecular complexity index is 366. The molecule has 0 aliphatic heterocycles. The van der Waals surface area contributed by atoms with Crippen molar-refractivity contribution in [2.24, 2.45) is 5.73 Å². The largest absolute Gasteiger partial charge is 0.324 e. The molecule has 0 heterocycles. The third-order valence-corrected chi connectivity index (χ3v) is 3.98. The second kappa shape index (κ2) is 3.08. The summed E-state index contributed by atoms with van der Waals surface area (Å²) in [4.78, 5) is 0. The van der Waals surface area contributed by atoms with E-state index in [1.807, 2.05) is 0 Å². The van der Waals surface area contributed by atoms with Gasteiger partial charge >= 0.3 is 0 Å². The van der Waals surface area contributed by atoms with Gasteiger partial charge in [0.2, 0.25) is 0 Å². The molecule has 1 aliphatic carbocycles. The normalized spacial score (nSPS) is 19.0. The fourth-order valence-corrected chi connectivity index (χ4v) is 2.38. The van der Waals surface area contributed by atoms with E-state index in [1.165, 1.54) is 16.7 Å². The van der Waals surface area contributed by atoms with E-state index in [-0.39, 0.29) is 11.0 Å². The minimum absolute atomic E-state index is 0.0350. The van der Waals surface area contributed by atoms with E-state index in [0.717, 1.165) is 12.8 Å². The van der Waals surface area contributed by atoms with Crippen molar-refractivity contribution in [2.75, 3.05) is 0 Å². The maximum Gasteiger partial charge on any atom is 0.0248 e. The summed E-state index contributed by atoms with van der Waals surface area (Å²) in [7, 11) is 0. The fraction of sp³-hybridized carbons (Fsp3) is 0.571. The monoisotopic (exact) mass is 203 g/mol. The van der Waals surface area contributed by atoms with Crippen LogP contribution in [0.4, 0.5) is 0 Å². The quantitative estimate of drug-likeness (QED) is 0.785. The number of nitrogens with two attached hydrogens (primary N) is 1. The van der Waals surface area contributed by atoms with Gasteiger partial charge in [-0.15, -0.1) is 0 Å². The van der Waals surface area contributed by atoms with Crippen LogP contribution in [0.3, 0.4) is 0 Å². The average Bonchev–Trinajstić information content (AvgIpc) is 2.83. The first kappa shape index (κ1) is 10.7. The van der Waals surface area contributed by atoms with Crippen LogP contribution in [0.2, 0.25) is 0 Å². The molecule has 0 aromatic heterocycles. The average molecular weight is 203 g/mol. The SMILES string of the molecule is Cc1cc(C)cc(C(C)(C)C2(N)CC2)c1. The highest BCUT2D eigenvalue weighted by Gasteiger charge is 2.51. The maximum absolute atomic E-state index is 6.36. The van der Waals surface area contributed by atoms with Gasteiger partial charge in [-0.2, -0.15) is 0 Å². The lowest BCUT2D eigenvalue weighted by Crippen LogP contribution is -2.43. The van der Waals surface area contributed by atoms with Crippen LogP contribution in [0, 0.1) is 13.8 Å². The number of hydrogen-bond donors (Lipinski definition) is 1. The van der Waals surface area contributed by atoms with Gasteiger partial charge in [0, 0.05) is 11.0 Å². The predicted molar refractivity (Wildman–Crippen MR) is 65.1 cm³/mol. The van der Waals surface area contributed by atoms with Gasteiger partial charge in [0.15, 0.2) is 0 Å². The van der Waals surface area contributed by atoms with Crippen molar-refractivity contribution < 1.29 is 0 Å². The summed E-state index contributed by atoms with van der Waals surface area (Å²) in [5.41, 5.74) is 10.6. The predicted octanol–water partition coefficient (Wildman–Crippen LogP) is 3.07. The zero-order chi connectivity index (χ0) is 11.3. The summed E-state index contributed by atoms with van der Waals surface area (Å²) in [5.74, 6) is 0. The van der Waals surface area contributed by atoms with E-state index in [0.29, 0.717) is 0 Å². The third kappa shape index (κ3) is 1.69. The minimum Gasteiger partial charge on any atom is -0.324 e. The van der Waals surface area contributed by atoms with Crippen LogP contribution in [0.5, 0.6) is 0 Å². The molecule has 0 bridgehead atoms. The van der Waals surface area contributed by atoms with Crippen molar-refractivity contribution >= 4 is 0 Å². The van der Waals surface area contributed by atoms with Crippen molar-refractivity contribution in [3.8, 4) is 0 Å². The van der Waals surface area contributed by atoms with Gasteiger partial charge in [0.05, 0.1) is 0 Å². The number of hydrogen-bond acceptors (Lipinski definition) is 1. The molecular formula is C14H21N. The van der Waals surface area contributed by atoms with Gasteiger partial charge in [-0.25, -0.2) is 0 Å². The van der Waals surface area contributed by atoms with Crippen LogP contribution in [-0.4, -0.2) is 5.54 Å². The lowest BCUT2D eigenvalue weighted by molar-refractivity contribution is 0.391. The summed E-state index contributed by atoms with van der Waals surface area (Å²) in [5, 5.41) is 0. The van der Waals surface area contributed by atoms with E-state index in [9.17, 15) is 0 Å². The molecule has 0 spiro atoms. The van der Waals surface area contributed by atoms with Crippen molar-refractivity contribution in [3.05, 3.63) is 34.9 Å². The molecule has 0 amide bonds. The van der Waals surface area contributed by atoms with Crippen LogP contribution in [-0.2, 0) is 5.41 Å². The Morgan fingerprint density at radius 2 is 1.53 bits per heavy atom. The van der Waals surface area contributed by atoms with Gasteiger partial charge < -0.3 is 5.73 Å². The molecule has 82 valence electrons. The lowest BCUT2D eigenvalue weighted by atomic mass is 9.75. The molecule has 0 saturated heterocycles. The summed E-state index contributed by atoms with van der Waals surface area (Å²) in [6.45, 7) is 8.85. The van der Waals surface area contributed by atoms with Crippen molar-refractivity contribution in [2.45, 2.75) is 51.5 Å². The second-order valence-electron chi connectivity index (χ2n) is 5.66. The number of rotatable bonds is 2. The Labute approximate surface area is 92.7 Å². The molecule has 2 N–H and O–H groups in total. The number of benzene rings is 1. The number of aryl methyl sites for hydroxylation is 2. The molecule has 1 saturated carbocycles. The van der Waals surface area contributed by atoms with Gasteiger partial charge in [-0.3, -0.25) is 0 Å². The third-order valence-electron chi connectivity index (χ3n) is 3.98. The summed E-state index contributed by atoms with van der Waals surface area (Å²) in [6, 6.07) is 6.77. The Balaban J connectivity index is 2.44. The molecule has 1 heteroatoms. The van der Waals surface area contributed by atoms with Gasteiger partial charge in [-0.1, -0.05) is 43.2 Å². The standard InChI is InChI=1S/C14H21N/c1-10-7-11(2)9-12(8-10)13(3,4)14(15)5-6-14/h7-9H,5-6,15H2,1-4H3. The Morgan fingerprint density at radius 1 is 1.07 bits per heavy atom. The van der Waals surface area contributed by atoms with Crippen molar-refractivity contribution in [1.29, 1.82) is 0 Å². The summed E-state index contributed by atoms with van der Waals surface area (Å²) >= 11 is 0. The highest BCUT2D eigenvalue weighted by molar-refractivity contribution is 5.38. The highest BCUT2D eigenvalue weighted by Crippen LogP contribution is 2.49. The van der Waals surface area contributed by atoms with Crippen LogP contribution >= 0.6 is 0 Å². The van der Waals surface area contributed by atoms with E-state index in [1.54, 1.807) is 0 Å². The molecule has 1 nitrogen and oxygen atoms in total. The first-order valence-electron chi connectivity index (χ1n) is 5.73. The van der Waals surface area contributed by atoms with E-state index >= 15 is 0 Å². The van der Waals surface area contributed by atoms with E-state index in [4.69, 9.17) is 5.73 Å². The molecule has 0 radical (unpaired) electrons. The zero-order valence-electron chi connectivity index (χ0n) is 10.2. The first-order chi connectivity index (χ1) is 6.85. The fourth-order valence-electron chi connectivity index (χ4n) is 2.38. The van der Waals surface area contributed by atoms with Gasteiger partial charge in [0.25, 0.3) is 0 Å². The Morgan fingerprint density at radius 3 is 1.93 bits per heavy atom. The molecule has 1 fully saturated rings. The van der Waals surface area contributed by atoms with Crippen molar-refractivity contribution in [3.63, 3.8) is 0 Å². The Hall–Kier alpha value is -0.820. The molecule has 0 atom stereocenters. The second-order valence-corrected chi connectivity index (χ2v) is 5.66. The first-order valence-corrected chi connectivity index (χ1v) is 5.73. The summed E-state index contributed by atoms with van der Waals surface area (Å²) < 4.78 is 0. The zero-order valence-corrected chi connectivity index (χ0v) is 10.2. The summed E-state index contributed by atoms with van der Waals surface area (Å²) in [6.07, 6.45) is 2.32.